The Kier molecular flexibility index (Phi) is 3.92. The molecule has 5 nitrogen and oxygen atoms in total. The van der Waals surface area contributed by atoms with Crippen LogP contribution in [0.4, 0.5) is 0 Å². The van der Waals surface area contributed by atoms with Gasteiger partial charge in [0.15, 0.2) is 5.82 Å². The normalized spacial score (nSPS) is 19.6. The topological polar surface area (TPSA) is 57.7 Å². The molecule has 0 aromatic carbocycles. The van der Waals surface area contributed by atoms with Crippen molar-refractivity contribution < 1.29 is 0 Å². The van der Waals surface area contributed by atoms with Gasteiger partial charge in [0.1, 0.15) is 5.82 Å². The van der Waals surface area contributed by atoms with Crippen molar-refractivity contribution in [3.63, 3.8) is 0 Å². The van der Waals surface area contributed by atoms with E-state index in [0.717, 1.165) is 36.6 Å². The molecule has 1 atom stereocenters. The van der Waals surface area contributed by atoms with E-state index in [1.165, 1.54) is 0 Å². The highest BCUT2D eigenvalue weighted by Crippen LogP contribution is 2.34. The van der Waals surface area contributed by atoms with Crippen molar-refractivity contribution in [1.29, 1.82) is 0 Å². The van der Waals surface area contributed by atoms with Crippen LogP contribution in [-0.4, -0.2) is 31.6 Å². The van der Waals surface area contributed by atoms with E-state index in [-0.39, 0.29) is 6.04 Å². The second kappa shape index (κ2) is 5.68. The minimum Gasteiger partial charge on any atom is -0.289 e. The first-order chi connectivity index (χ1) is 9.65. The molecule has 106 valence electrons. The second-order valence-electron chi connectivity index (χ2n) is 4.99. The van der Waals surface area contributed by atoms with Crippen molar-refractivity contribution in [3.8, 4) is 0 Å². The van der Waals surface area contributed by atoms with Crippen LogP contribution >= 0.6 is 23.2 Å². The van der Waals surface area contributed by atoms with E-state index in [4.69, 9.17) is 23.2 Å². The Morgan fingerprint density at radius 2 is 2.10 bits per heavy atom. The van der Waals surface area contributed by atoms with Crippen molar-refractivity contribution in [2.75, 3.05) is 6.54 Å². The Bertz CT molecular complexity index is 592. The molecule has 0 bridgehead atoms. The van der Waals surface area contributed by atoms with Gasteiger partial charge in [-0.3, -0.25) is 15.0 Å². The van der Waals surface area contributed by atoms with Crippen LogP contribution < -0.4 is 0 Å². The van der Waals surface area contributed by atoms with E-state index >= 15 is 0 Å². The van der Waals surface area contributed by atoms with Crippen LogP contribution in [0.3, 0.4) is 0 Å². The molecule has 2 aromatic rings. The van der Waals surface area contributed by atoms with Crippen molar-refractivity contribution >= 4 is 23.2 Å². The van der Waals surface area contributed by atoms with Gasteiger partial charge in [0.05, 0.1) is 16.1 Å². The summed E-state index contributed by atoms with van der Waals surface area (Å²) in [7, 11) is 0. The molecule has 3 rings (SSSR count). The van der Waals surface area contributed by atoms with Gasteiger partial charge < -0.3 is 0 Å². The number of aromatic nitrogens is 4. The summed E-state index contributed by atoms with van der Waals surface area (Å²) in [6, 6.07) is 0.222. The van der Waals surface area contributed by atoms with Gasteiger partial charge in [-0.2, -0.15) is 5.10 Å². The Morgan fingerprint density at radius 3 is 2.75 bits per heavy atom. The van der Waals surface area contributed by atoms with Crippen molar-refractivity contribution in [3.05, 3.63) is 39.7 Å². The second-order valence-corrected chi connectivity index (χ2v) is 5.80. The molecular weight excluding hydrogens is 297 g/mol. The number of hydrogen-bond donors (Lipinski definition) is 1. The lowest BCUT2D eigenvalue weighted by molar-refractivity contribution is 0.240. The summed E-state index contributed by atoms with van der Waals surface area (Å²) in [6.45, 7) is 3.60. The predicted molar refractivity (Wildman–Crippen MR) is 77.8 cm³/mol. The number of nitrogens with one attached hydrogen (secondary N) is 1. The fourth-order valence-corrected chi connectivity index (χ4v) is 3.09. The third kappa shape index (κ3) is 2.66. The molecule has 0 radical (unpaired) electrons. The molecule has 7 heteroatoms. The van der Waals surface area contributed by atoms with Crippen molar-refractivity contribution in [2.24, 2.45) is 0 Å². The van der Waals surface area contributed by atoms with E-state index in [1.54, 1.807) is 12.4 Å². The van der Waals surface area contributed by atoms with Crippen LogP contribution in [0.15, 0.2) is 12.4 Å². The van der Waals surface area contributed by atoms with E-state index in [9.17, 15) is 0 Å². The molecule has 0 amide bonds. The molecule has 1 unspecified atom stereocenters. The number of halogens is 2. The summed E-state index contributed by atoms with van der Waals surface area (Å²) in [5.74, 6) is 1.69. The summed E-state index contributed by atoms with van der Waals surface area (Å²) in [4.78, 5) is 10.7. The molecule has 1 fully saturated rings. The predicted octanol–water partition coefficient (Wildman–Crippen LogP) is 3.15. The largest absolute Gasteiger partial charge is 0.289 e. The van der Waals surface area contributed by atoms with Crippen LogP contribution in [0, 0.1) is 6.92 Å². The first-order valence-corrected chi connectivity index (χ1v) is 7.31. The van der Waals surface area contributed by atoms with E-state index in [2.05, 4.69) is 25.1 Å². The maximum atomic E-state index is 6.19. The zero-order valence-corrected chi connectivity index (χ0v) is 12.6. The quantitative estimate of drug-likeness (QED) is 0.946. The van der Waals surface area contributed by atoms with Crippen LogP contribution in [0.25, 0.3) is 0 Å². The lowest BCUT2D eigenvalue weighted by Crippen LogP contribution is -2.24. The van der Waals surface area contributed by atoms with Gasteiger partial charge in [-0.05, 0) is 26.3 Å². The van der Waals surface area contributed by atoms with Gasteiger partial charge in [-0.25, -0.2) is 4.98 Å². The summed E-state index contributed by atoms with van der Waals surface area (Å²) >= 11 is 12.4. The third-order valence-corrected chi connectivity index (χ3v) is 4.24. The first-order valence-electron chi connectivity index (χ1n) is 6.56. The molecule has 2 aromatic heterocycles. The standard InChI is InChI=1S/C13H15Cl2N5/c1-8-17-13(19-18-8)12-3-2-4-20(12)7-9-10(14)5-16-6-11(9)15/h5-6,12H,2-4,7H2,1H3,(H,17,18,19). The maximum absolute atomic E-state index is 6.19. The fourth-order valence-electron chi connectivity index (χ4n) is 2.61. The Balaban J connectivity index is 1.83. The number of pyridine rings is 1. The number of rotatable bonds is 3. The van der Waals surface area contributed by atoms with Crippen molar-refractivity contribution in [2.45, 2.75) is 32.4 Å². The van der Waals surface area contributed by atoms with E-state index in [0.29, 0.717) is 16.6 Å². The molecule has 0 spiro atoms. The number of aryl methyl sites for hydroxylation is 1. The van der Waals surface area contributed by atoms with Gasteiger partial charge in [0, 0.05) is 24.5 Å². The molecule has 3 heterocycles. The highest BCUT2D eigenvalue weighted by molar-refractivity contribution is 6.35. The highest BCUT2D eigenvalue weighted by Gasteiger charge is 2.29. The van der Waals surface area contributed by atoms with Gasteiger partial charge in [0.2, 0.25) is 0 Å². The lowest BCUT2D eigenvalue weighted by atomic mass is 10.2. The SMILES string of the molecule is Cc1nc(C2CCCN2Cc2c(Cl)cncc2Cl)n[nH]1. The summed E-state index contributed by atoms with van der Waals surface area (Å²) < 4.78 is 0. The van der Waals surface area contributed by atoms with Crippen LogP contribution in [-0.2, 0) is 6.54 Å². The van der Waals surface area contributed by atoms with Gasteiger partial charge >= 0.3 is 0 Å². The van der Waals surface area contributed by atoms with Crippen molar-refractivity contribution in [1.82, 2.24) is 25.1 Å². The van der Waals surface area contributed by atoms with Crippen LogP contribution in [0.5, 0.6) is 0 Å². The molecule has 0 saturated carbocycles. The van der Waals surface area contributed by atoms with E-state index in [1.807, 2.05) is 6.92 Å². The smallest absolute Gasteiger partial charge is 0.167 e. The molecule has 20 heavy (non-hydrogen) atoms. The molecule has 1 aliphatic rings. The first kappa shape index (κ1) is 13.8. The minimum atomic E-state index is 0.222. The zero-order chi connectivity index (χ0) is 14.1. The third-order valence-electron chi connectivity index (χ3n) is 3.59. The zero-order valence-electron chi connectivity index (χ0n) is 11.1. The summed E-state index contributed by atoms with van der Waals surface area (Å²) in [5.41, 5.74) is 0.919. The molecule has 1 saturated heterocycles. The van der Waals surface area contributed by atoms with Crippen LogP contribution in [0.2, 0.25) is 10.0 Å². The Hall–Kier alpha value is -1.17. The number of likely N-dealkylation sites (tertiary alicyclic amines) is 1. The minimum absolute atomic E-state index is 0.222. The molecule has 0 aliphatic carbocycles. The highest BCUT2D eigenvalue weighted by atomic mass is 35.5. The average molecular weight is 312 g/mol. The molecular formula is C13H15Cl2N5. The Labute approximate surface area is 127 Å². The average Bonchev–Trinajstić information content (AvgIpc) is 3.02. The maximum Gasteiger partial charge on any atom is 0.167 e. The molecule has 1 N–H and O–H groups in total. The molecule has 1 aliphatic heterocycles. The number of hydrogen-bond acceptors (Lipinski definition) is 4. The number of H-pyrrole nitrogens is 1. The lowest BCUT2D eigenvalue weighted by Gasteiger charge is -2.23. The van der Waals surface area contributed by atoms with Gasteiger partial charge in [-0.15, -0.1) is 0 Å². The van der Waals surface area contributed by atoms with Gasteiger partial charge in [0.25, 0.3) is 0 Å². The summed E-state index contributed by atoms with van der Waals surface area (Å²) in [6.07, 6.45) is 5.44. The number of aromatic amines is 1. The Morgan fingerprint density at radius 1 is 1.35 bits per heavy atom. The summed E-state index contributed by atoms with van der Waals surface area (Å²) in [5, 5.41) is 8.39. The number of nitrogens with zero attached hydrogens (tertiary/aromatic N) is 4. The van der Waals surface area contributed by atoms with E-state index < -0.39 is 0 Å². The van der Waals surface area contributed by atoms with Crippen LogP contribution in [0.1, 0.15) is 36.1 Å². The fraction of sp³-hybridized carbons (Fsp3) is 0.462. The van der Waals surface area contributed by atoms with Gasteiger partial charge in [-0.1, -0.05) is 23.2 Å². The monoisotopic (exact) mass is 311 g/mol.